The number of rotatable bonds is 6. The summed E-state index contributed by atoms with van der Waals surface area (Å²) in [4.78, 5) is 73.9. The number of thiophene rings is 1. The lowest BCUT2D eigenvalue weighted by Gasteiger charge is -2.49. The first-order valence-electron chi connectivity index (χ1n) is 18.4. The molecule has 9 rings (SSSR count). The first kappa shape index (κ1) is 36.1. The fourth-order valence-corrected chi connectivity index (χ4v) is 11.1. The molecule has 4 aliphatic rings. The van der Waals surface area contributed by atoms with Crippen LogP contribution >= 0.6 is 22.9 Å². The van der Waals surface area contributed by atoms with Crippen molar-refractivity contribution in [3.8, 4) is 22.1 Å². The molecule has 11 nitrogen and oxygen atoms in total. The smallest absolute Gasteiger partial charge is 0.242 e. The SMILES string of the molecule is COc1ccc(O)c([C@H]2C3=CC[C@@H]4C(=O)N(c5ccc(C(C)=O)cc5)C(=O)[C@@H]4[C@@H]3C[C@H]3C(=O)N(c4cc(-c5sc6ccc(Cl)cc6c5C)nn4C)C(=O)[C@@]23C)c1. The van der Waals surface area contributed by atoms with Gasteiger partial charge < -0.3 is 9.84 Å². The van der Waals surface area contributed by atoms with Crippen LogP contribution in [0.5, 0.6) is 11.5 Å². The second-order valence-corrected chi connectivity index (χ2v) is 16.9. The Balaban J connectivity index is 1.15. The lowest BCUT2D eigenvalue weighted by molar-refractivity contribution is -0.131. The van der Waals surface area contributed by atoms with E-state index in [4.69, 9.17) is 21.4 Å². The Morgan fingerprint density at radius 1 is 0.964 bits per heavy atom. The lowest BCUT2D eigenvalue weighted by atomic mass is 9.51. The zero-order valence-corrected chi connectivity index (χ0v) is 32.8. The number of nitrogens with zero attached hydrogens (tertiary/aromatic N) is 4. The summed E-state index contributed by atoms with van der Waals surface area (Å²) in [5.74, 6) is -4.92. The van der Waals surface area contributed by atoms with Crippen LogP contribution < -0.4 is 14.5 Å². The Hall–Kier alpha value is -5.59. The molecule has 0 unspecified atom stereocenters. The third-order valence-corrected chi connectivity index (χ3v) is 14.1. The molecule has 3 fully saturated rings. The maximum absolute atomic E-state index is 15.2. The zero-order chi connectivity index (χ0) is 39.5. The maximum Gasteiger partial charge on any atom is 0.242 e. The van der Waals surface area contributed by atoms with Gasteiger partial charge in [-0.3, -0.25) is 33.6 Å². The minimum atomic E-state index is -1.39. The molecule has 13 heteroatoms. The monoisotopic (exact) mass is 788 g/mol. The predicted molar refractivity (Wildman–Crippen MR) is 212 cm³/mol. The third kappa shape index (κ3) is 5.01. The quantitative estimate of drug-likeness (QED) is 0.105. The second kappa shape index (κ2) is 12.7. The van der Waals surface area contributed by atoms with Crippen molar-refractivity contribution in [1.82, 2.24) is 9.78 Å². The number of aromatic hydroxyl groups is 1. The molecule has 2 aromatic heterocycles. The molecule has 2 aliphatic heterocycles. The maximum atomic E-state index is 15.2. The highest BCUT2D eigenvalue weighted by Crippen LogP contribution is 2.64. The van der Waals surface area contributed by atoms with Gasteiger partial charge in [0.2, 0.25) is 23.6 Å². The van der Waals surface area contributed by atoms with Crippen molar-refractivity contribution in [1.29, 1.82) is 0 Å². The van der Waals surface area contributed by atoms with Gasteiger partial charge in [0.05, 0.1) is 40.8 Å². The summed E-state index contributed by atoms with van der Waals surface area (Å²) in [6.45, 7) is 5.21. The normalized spacial score (nSPS) is 25.8. The van der Waals surface area contributed by atoms with Crippen molar-refractivity contribution in [3.05, 3.63) is 100 Å². The number of phenolic OH excluding ortho intramolecular Hbond substituents is 1. The number of benzene rings is 3. The van der Waals surface area contributed by atoms with Crippen LogP contribution in [-0.2, 0) is 26.2 Å². The molecule has 6 atom stereocenters. The molecule has 284 valence electrons. The molecule has 3 aromatic carbocycles. The third-order valence-electron chi connectivity index (χ3n) is 12.6. The molecule has 1 saturated carbocycles. The highest BCUT2D eigenvalue weighted by molar-refractivity contribution is 7.22. The molecular formula is C43H37ClN4O7S. The number of carbonyl (C=O) groups excluding carboxylic acids is 5. The molecule has 0 spiro atoms. The standard InChI is InChI=1S/C43H37ClN4O7S/c1-20-28-16-23(44)8-15-34(28)56-38(20)32-19-35(46(4)45-32)48-40(52)31-18-29-26(37(43(31,3)42(48)54)30-17-25(55-5)11-14-33(30)50)12-13-27-36(29)41(53)47(39(27)51)24-9-6-22(7-10-24)21(2)49/h6-12,14-17,19,27,29,31,36-37,50H,13,18H2,1-5H3/t27-,29+,31-,36-,37+,43+/m0/s1. The minimum Gasteiger partial charge on any atom is -0.508 e. The number of Topliss-reactive ketones (excluding diaryl/α,β-unsaturated/α-hetero) is 1. The second-order valence-electron chi connectivity index (χ2n) is 15.4. The summed E-state index contributed by atoms with van der Waals surface area (Å²) >= 11 is 7.87. The van der Waals surface area contributed by atoms with E-state index in [1.165, 1.54) is 34.6 Å². The van der Waals surface area contributed by atoms with Crippen LogP contribution in [0.4, 0.5) is 11.5 Å². The number of allylic oxidation sites excluding steroid dienone is 2. The van der Waals surface area contributed by atoms with Crippen molar-refractivity contribution in [2.45, 2.75) is 39.5 Å². The summed E-state index contributed by atoms with van der Waals surface area (Å²) in [7, 11) is 3.20. The van der Waals surface area contributed by atoms with E-state index in [-0.39, 0.29) is 30.3 Å². The Kier molecular flexibility index (Phi) is 8.19. The van der Waals surface area contributed by atoms with E-state index in [0.717, 1.165) is 26.1 Å². The van der Waals surface area contributed by atoms with Crippen LogP contribution in [0.25, 0.3) is 20.7 Å². The van der Waals surface area contributed by atoms with E-state index in [0.29, 0.717) is 39.1 Å². The fraction of sp³-hybridized carbons (Fsp3) is 0.302. The lowest BCUT2D eigenvalue weighted by Crippen LogP contribution is -2.49. The number of aromatic nitrogens is 2. The number of amides is 4. The molecule has 0 bridgehead atoms. The molecule has 2 aliphatic carbocycles. The number of aryl methyl sites for hydroxylation is 2. The average molecular weight is 789 g/mol. The summed E-state index contributed by atoms with van der Waals surface area (Å²) < 4.78 is 8.14. The van der Waals surface area contributed by atoms with E-state index in [1.54, 1.807) is 67.8 Å². The number of hydrogen-bond donors (Lipinski definition) is 1. The van der Waals surface area contributed by atoms with Gasteiger partial charge in [0.25, 0.3) is 0 Å². The molecule has 5 aromatic rings. The van der Waals surface area contributed by atoms with Crippen molar-refractivity contribution in [3.63, 3.8) is 0 Å². The highest BCUT2D eigenvalue weighted by atomic mass is 35.5. The van der Waals surface area contributed by atoms with Gasteiger partial charge in [0.1, 0.15) is 23.0 Å². The topological polar surface area (TPSA) is 139 Å². The van der Waals surface area contributed by atoms with Crippen LogP contribution in [0.3, 0.4) is 0 Å². The molecular weight excluding hydrogens is 752 g/mol. The number of anilines is 2. The molecule has 4 heterocycles. The van der Waals surface area contributed by atoms with Crippen LogP contribution in [-0.4, -0.2) is 51.4 Å². The number of methoxy groups -OCH3 is 1. The summed E-state index contributed by atoms with van der Waals surface area (Å²) in [5, 5.41) is 17.9. The van der Waals surface area contributed by atoms with Gasteiger partial charge in [-0.15, -0.1) is 11.3 Å². The van der Waals surface area contributed by atoms with Crippen LogP contribution in [0, 0.1) is 36.0 Å². The fourth-order valence-electron chi connectivity index (χ4n) is 9.78. The van der Waals surface area contributed by atoms with Gasteiger partial charge in [0, 0.05) is 39.9 Å². The molecule has 2 saturated heterocycles. The Morgan fingerprint density at radius 2 is 1.71 bits per heavy atom. The number of fused-ring (bicyclic) bond motifs is 5. The number of ketones is 1. The Morgan fingerprint density at radius 3 is 2.43 bits per heavy atom. The average Bonchev–Trinajstić information content (AvgIpc) is 3.85. The summed E-state index contributed by atoms with van der Waals surface area (Å²) in [6.07, 6.45) is 2.31. The Labute approximate surface area is 331 Å². The van der Waals surface area contributed by atoms with Crippen molar-refractivity contribution in [2.75, 3.05) is 16.9 Å². The molecule has 4 amide bonds. The van der Waals surface area contributed by atoms with E-state index in [9.17, 15) is 24.3 Å². The number of hydrogen-bond acceptors (Lipinski definition) is 9. The van der Waals surface area contributed by atoms with Gasteiger partial charge in [-0.25, -0.2) is 4.90 Å². The van der Waals surface area contributed by atoms with E-state index in [1.807, 2.05) is 31.2 Å². The molecule has 56 heavy (non-hydrogen) atoms. The number of carbonyl (C=O) groups is 5. The number of halogens is 1. The summed E-state index contributed by atoms with van der Waals surface area (Å²) in [5.41, 5.74) is 2.15. The van der Waals surface area contributed by atoms with Crippen LogP contribution in [0.2, 0.25) is 5.02 Å². The number of imide groups is 2. The van der Waals surface area contributed by atoms with Gasteiger partial charge in [-0.05, 0) is 111 Å². The minimum absolute atomic E-state index is 0.0812. The van der Waals surface area contributed by atoms with Crippen molar-refractivity contribution in [2.24, 2.45) is 36.1 Å². The van der Waals surface area contributed by atoms with E-state index in [2.05, 4.69) is 0 Å². The predicted octanol–water partition coefficient (Wildman–Crippen LogP) is 7.62. The molecule has 0 radical (unpaired) electrons. The van der Waals surface area contributed by atoms with Gasteiger partial charge in [-0.2, -0.15) is 5.10 Å². The summed E-state index contributed by atoms with van der Waals surface area (Å²) in [6, 6.07) is 18.7. The van der Waals surface area contributed by atoms with Gasteiger partial charge in [-0.1, -0.05) is 23.3 Å². The highest BCUT2D eigenvalue weighted by Gasteiger charge is 2.68. The largest absolute Gasteiger partial charge is 0.508 e. The van der Waals surface area contributed by atoms with E-state index >= 15 is 4.79 Å². The van der Waals surface area contributed by atoms with Gasteiger partial charge >= 0.3 is 0 Å². The van der Waals surface area contributed by atoms with E-state index < -0.39 is 52.7 Å². The first-order valence-corrected chi connectivity index (χ1v) is 19.6. The molecule has 1 N–H and O–H groups in total. The Bertz CT molecular complexity index is 2610. The van der Waals surface area contributed by atoms with Crippen LogP contribution in [0.15, 0.2) is 78.4 Å². The van der Waals surface area contributed by atoms with Crippen LogP contribution in [0.1, 0.15) is 54.1 Å². The number of ether oxygens (including phenoxy) is 1. The number of phenols is 1. The van der Waals surface area contributed by atoms with Crippen molar-refractivity contribution >= 4 is 73.9 Å². The van der Waals surface area contributed by atoms with Gasteiger partial charge in [0.15, 0.2) is 5.78 Å². The van der Waals surface area contributed by atoms with Crippen molar-refractivity contribution < 1.29 is 33.8 Å². The zero-order valence-electron chi connectivity index (χ0n) is 31.2. The first-order chi connectivity index (χ1) is 26.7.